The maximum Gasteiger partial charge on any atom is 0.247 e. The molecule has 0 unspecified atom stereocenters. The second-order valence-corrected chi connectivity index (χ2v) is 8.82. The lowest BCUT2D eigenvalue weighted by Gasteiger charge is -2.08. The van der Waals surface area contributed by atoms with Crippen LogP contribution in [0.2, 0.25) is 0 Å². The van der Waals surface area contributed by atoms with Gasteiger partial charge in [-0.05, 0) is 55.4 Å². The number of benzene rings is 1. The van der Waals surface area contributed by atoms with E-state index >= 15 is 0 Å². The number of unbranched alkanes of at least 4 members (excludes halogenated alkanes) is 8. The highest BCUT2D eigenvalue weighted by molar-refractivity contribution is 5.55. The molecule has 0 spiro atoms. The Hall–Kier alpha value is -2.15. The van der Waals surface area contributed by atoms with Gasteiger partial charge in [0, 0.05) is 5.56 Å². The predicted octanol–water partition coefficient (Wildman–Crippen LogP) is 6.92. The highest BCUT2D eigenvalue weighted by atomic mass is 16.4. The molecule has 4 nitrogen and oxygen atoms in total. The summed E-state index contributed by atoms with van der Waals surface area (Å²) in [7, 11) is 0. The first kappa shape index (κ1) is 21.6. The van der Waals surface area contributed by atoms with Crippen LogP contribution in [0, 0.1) is 24.2 Å². The minimum atomic E-state index is -0.560. The first-order chi connectivity index (χ1) is 14.1. The van der Waals surface area contributed by atoms with E-state index < -0.39 is 5.41 Å². The lowest BCUT2D eigenvalue weighted by atomic mass is 9.98. The summed E-state index contributed by atoms with van der Waals surface area (Å²) < 4.78 is 5.91. The van der Waals surface area contributed by atoms with Crippen LogP contribution in [-0.2, 0) is 11.8 Å². The summed E-state index contributed by atoms with van der Waals surface area (Å²) in [5, 5.41) is 17.9. The Morgan fingerprint density at radius 3 is 2.34 bits per heavy atom. The van der Waals surface area contributed by atoms with Gasteiger partial charge in [-0.1, -0.05) is 71.3 Å². The maximum absolute atomic E-state index is 9.48. The third-order valence-electron chi connectivity index (χ3n) is 6.46. The van der Waals surface area contributed by atoms with Gasteiger partial charge in [0.2, 0.25) is 11.8 Å². The SMILES string of the molecule is CCCCCCCCCCCc1cc(-c2nnc([C@]3(C#N)C[C@H]3C)o2)ccc1C. The van der Waals surface area contributed by atoms with Crippen LogP contribution in [0.5, 0.6) is 0 Å². The van der Waals surface area contributed by atoms with Crippen molar-refractivity contribution in [1.29, 1.82) is 5.26 Å². The zero-order valence-corrected chi connectivity index (χ0v) is 18.3. The molecular formula is C25H35N3O. The van der Waals surface area contributed by atoms with Crippen molar-refractivity contribution < 1.29 is 4.42 Å². The topological polar surface area (TPSA) is 62.7 Å². The van der Waals surface area contributed by atoms with Crippen molar-refractivity contribution >= 4 is 0 Å². The normalized spacial score (nSPS) is 20.6. The molecule has 1 heterocycles. The van der Waals surface area contributed by atoms with Crippen LogP contribution in [0.4, 0.5) is 0 Å². The second-order valence-electron chi connectivity index (χ2n) is 8.82. The molecular weight excluding hydrogens is 358 g/mol. The van der Waals surface area contributed by atoms with Crippen LogP contribution in [0.3, 0.4) is 0 Å². The summed E-state index contributed by atoms with van der Waals surface area (Å²) in [6.07, 6.45) is 14.0. The Morgan fingerprint density at radius 1 is 1.07 bits per heavy atom. The number of rotatable bonds is 12. The zero-order chi connectivity index (χ0) is 20.7. The van der Waals surface area contributed by atoms with Crippen LogP contribution in [-0.4, -0.2) is 10.2 Å². The van der Waals surface area contributed by atoms with E-state index in [1.165, 1.54) is 68.9 Å². The lowest BCUT2D eigenvalue weighted by Crippen LogP contribution is -2.06. The Balaban J connectivity index is 1.50. The van der Waals surface area contributed by atoms with Crippen molar-refractivity contribution in [3.8, 4) is 17.5 Å². The van der Waals surface area contributed by atoms with E-state index in [1.807, 2.05) is 6.07 Å². The van der Waals surface area contributed by atoms with Gasteiger partial charge in [0.1, 0.15) is 5.41 Å². The molecule has 2 aromatic rings. The van der Waals surface area contributed by atoms with Gasteiger partial charge in [-0.15, -0.1) is 10.2 Å². The summed E-state index contributed by atoms with van der Waals surface area (Å²) in [6, 6.07) is 8.74. The molecule has 0 N–H and O–H groups in total. The minimum Gasteiger partial charge on any atom is -0.419 e. The quantitative estimate of drug-likeness (QED) is 0.367. The van der Waals surface area contributed by atoms with Gasteiger partial charge in [-0.3, -0.25) is 0 Å². The van der Waals surface area contributed by atoms with Crippen LogP contribution in [0.15, 0.2) is 22.6 Å². The average molecular weight is 394 g/mol. The molecule has 0 amide bonds. The summed E-state index contributed by atoms with van der Waals surface area (Å²) >= 11 is 0. The second kappa shape index (κ2) is 10.1. The highest BCUT2D eigenvalue weighted by Gasteiger charge is 2.57. The molecule has 0 aliphatic heterocycles. The number of nitrogens with zero attached hydrogens (tertiary/aromatic N) is 3. The molecule has 1 aromatic carbocycles. The van der Waals surface area contributed by atoms with E-state index in [2.05, 4.69) is 49.2 Å². The summed E-state index contributed by atoms with van der Waals surface area (Å²) in [6.45, 7) is 6.50. The van der Waals surface area contributed by atoms with Crippen molar-refractivity contribution in [1.82, 2.24) is 10.2 Å². The number of aromatic nitrogens is 2. The number of hydrogen-bond acceptors (Lipinski definition) is 4. The maximum atomic E-state index is 9.48. The molecule has 0 radical (unpaired) electrons. The van der Waals surface area contributed by atoms with Crippen molar-refractivity contribution in [2.24, 2.45) is 5.92 Å². The smallest absolute Gasteiger partial charge is 0.247 e. The molecule has 4 heteroatoms. The largest absolute Gasteiger partial charge is 0.419 e. The third-order valence-corrected chi connectivity index (χ3v) is 6.46. The van der Waals surface area contributed by atoms with Crippen molar-refractivity contribution in [3.05, 3.63) is 35.2 Å². The van der Waals surface area contributed by atoms with E-state index in [4.69, 9.17) is 4.42 Å². The molecule has 0 saturated heterocycles. The third kappa shape index (κ3) is 5.26. The molecule has 1 fully saturated rings. The lowest BCUT2D eigenvalue weighted by molar-refractivity contribution is 0.470. The van der Waals surface area contributed by atoms with E-state index in [0.717, 1.165) is 18.4 Å². The van der Waals surface area contributed by atoms with Gasteiger partial charge in [0.25, 0.3) is 0 Å². The molecule has 2 atom stereocenters. The van der Waals surface area contributed by atoms with Crippen LogP contribution in [0.1, 0.15) is 95.1 Å². The van der Waals surface area contributed by atoms with Crippen molar-refractivity contribution in [2.45, 2.75) is 96.8 Å². The molecule has 29 heavy (non-hydrogen) atoms. The monoisotopic (exact) mass is 393 g/mol. The van der Waals surface area contributed by atoms with Gasteiger partial charge in [0.15, 0.2) is 0 Å². The number of aryl methyl sites for hydroxylation is 2. The van der Waals surface area contributed by atoms with Gasteiger partial charge in [0.05, 0.1) is 6.07 Å². The number of nitriles is 1. The van der Waals surface area contributed by atoms with E-state index in [0.29, 0.717) is 17.7 Å². The fraction of sp³-hybridized carbons (Fsp3) is 0.640. The zero-order valence-electron chi connectivity index (χ0n) is 18.3. The molecule has 3 rings (SSSR count). The molecule has 0 bridgehead atoms. The molecule has 1 aliphatic rings. The molecule has 1 aliphatic carbocycles. The fourth-order valence-electron chi connectivity index (χ4n) is 4.15. The van der Waals surface area contributed by atoms with Gasteiger partial charge in [-0.2, -0.15) is 5.26 Å². The van der Waals surface area contributed by atoms with Crippen molar-refractivity contribution in [2.75, 3.05) is 0 Å². The summed E-state index contributed by atoms with van der Waals surface area (Å²) in [5.41, 5.74) is 3.08. The van der Waals surface area contributed by atoms with Crippen LogP contribution >= 0.6 is 0 Å². The standard InChI is InChI=1S/C25H35N3O/c1-4-5-6-7-8-9-10-11-12-13-21-16-22(15-14-19(21)2)23-27-28-24(29-23)25(18-26)17-20(25)3/h14-16,20H,4-13,17H2,1-3H3/t20-,25+/m1/s1. The summed E-state index contributed by atoms with van der Waals surface area (Å²) in [5.74, 6) is 1.30. The predicted molar refractivity (Wildman–Crippen MR) is 116 cm³/mol. The van der Waals surface area contributed by atoms with Gasteiger partial charge in [-0.25, -0.2) is 0 Å². The molecule has 156 valence electrons. The number of hydrogen-bond donors (Lipinski definition) is 0. The average Bonchev–Trinajstić information content (AvgIpc) is 3.15. The highest BCUT2D eigenvalue weighted by Crippen LogP contribution is 2.53. The Labute approximate surface area is 175 Å². The van der Waals surface area contributed by atoms with Crippen molar-refractivity contribution in [3.63, 3.8) is 0 Å². The van der Waals surface area contributed by atoms with Gasteiger partial charge >= 0.3 is 0 Å². The first-order valence-electron chi connectivity index (χ1n) is 11.5. The molecule has 1 aromatic heterocycles. The van der Waals surface area contributed by atoms with Crippen LogP contribution < -0.4 is 0 Å². The minimum absolute atomic E-state index is 0.293. The first-order valence-corrected chi connectivity index (χ1v) is 11.5. The summed E-state index contributed by atoms with van der Waals surface area (Å²) in [4.78, 5) is 0. The fourth-order valence-corrected chi connectivity index (χ4v) is 4.15. The van der Waals surface area contributed by atoms with E-state index in [1.54, 1.807) is 0 Å². The van der Waals surface area contributed by atoms with E-state index in [9.17, 15) is 5.26 Å². The Bertz CT molecular complexity index is 835. The Kier molecular flexibility index (Phi) is 7.47. The Morgan fingerprint density at radius 2 is 1.72 bits per heavy atom. The van der Waals surface area contributed by atoms with Gasteiger partial charge < -0.3 is 4.42 Å². The van der Waals surface area contributed by atoms with Crippen LogP contribution in [0.25, 0.3) is 11.5 Å². The molecule has 1 saturated carbocycles. The van der Waals surface area contributed by atoms with E-state index in [-0.39, 0.29) is 0 Å².